The van der Waals surface area contributed by atoms with Gasteiger partial charge in [-0.2, -0.15) is 12.6 Å². The first kappa shape index (κ1) is 8.31. The van der Waals surface area contributed by atoms with Crippen molar-refractivity contribution in [3.8, 4) is 0 Å². The van der Waals surface area contributed by atoms with Crippen LogP contribution in [0.5, 0.6) is 0 Å². The Kier molecular flexibility index (Phi) is 4.38. The first-order valence-electron chi connectivity index (χ1n) is 3.12. The van der Waals surface area contributed by atoms with Crippen LogP contribution in [0.25, 0.3) is 0 Å². The summed E-state index contributed by atoms with van der Waals surface area (Å²) in [5.41, 5.74) is 5.65. The van der Waals surface area contributed by atoms with Gasteiger partial charge in [0.15, 0.2) is 0 Å². The molecule has 1 nitrogen and oxygen atoms in total. The molecule has 0 fully saturated rings. The van der Waals surface area contributed by atoms with E-state index in [1.54, 1.807) is 0 Å². The Morgan fingerprint density at radius 3 is 2.25 bits per heavy atom. The molecular weight excluding hydrogens is 118 g/mol. The molecule has 0 heterocycles. The van der Waals surface area contributed by atoms with Crippen LogP contribution in [0.4, 0.5) is 0 Å². The van der Waals surface area contributed by atoms with E-state index in [2.05, 4.69) is 19.6 Å². The van der Waals surface area contributed by atoms with Gasteiger partial charge in [-0.3, -0.25) is 0 Å². The Morgan fingerprint density at radius 2 is 2.12 bits per heavy atom. The topological polar surface area (TPSA) is 26.0 Å². The molecule has 0 aromatic heterocycles. The third-order valence-electron chi connectivity index (χ3n) is 1.24. The molecule has 0 spiro atoms. The van der Waals surface area contributed by atoms with E-state index in [4.69, 9.17) is 5.73 Å². The third kappa shape index (κ3) is 3.33. The fourth-order valence-electron chi connectivity index (χ4n) is 0.575. The first-order valence-corrected chi connectivity index (χ1v) is 3.63. The van der Waals surface area contributed by atoms with Gasteiger partial charge >= 0.3 is 0 Å². The highest BCUT2D eigenvalue weighted by atomic mass is 32.1. The van der Waals surface area contributed by atoms with Crippen LogP contribution >= 0.6 is 12.6 Å². The van der Waals surface area contributed by atoms with E-state index in [0.29, 0.717) is 5.25 Å². The Labute approximate surface area is 57.1 Å². The average molecular weight is 133 g/mol. The van der Waals surface area contributed by atoms with Crippen molar-refractivity contribution in [1.82, 2.24) is 0 Å². The van der Waals surface area contributed by atoms with E-state index >= 15 is 0 Å². The fraction of sp³-hybridized carbons (Fsp3) is 1.00. The van der Waals surface area contributed by atoms with Crippen LogP contribution in [0.2, 0.25) is 0 Å². The first-order chi connectivity index (χ1) is 3.68. The standard InChI is InChI=1S/C6H15NS/c1-3-4-6(7)5(2)8/h5-6,8H,3-4,7H2,1-2H3/t5?,6-/m0/s1. The predicted molar refractivity (Wildman–Crippen MR) is 41.3 cm³/mol. The Bertz CT molecular complexity index is 54.5. The second-order valence-electron chi connectivity index (χ2n) is 2.19. The lowest BCUT2D eigenvalue weighted by Crippen LogP contribution is -2.28. The third-order valence-corrected chi connectivity index (χ3v) is 1.62. The molecular formula is C6H15NS. The Hall–Kier alpha value is 0.310. The lowest BCUT2D eigenvalue weighted by Gasteiger charge is -2.12. The lowest BCUT2D eigenvalue weighted by atomic mass is 10.1. The molecule has 0 aromatic rings. The minimum absolute atomic E-state index is 0.281. The fourth-order valence-corrected chi connectivity index (χ4v) is 0.724. The zero-order chi connectivity index (χ0) is 6.57. The van der Waals surface area contributed by atoms with E-state index in [1.807, 2.05) is 6.92 Å². The van der Waals surface area contributed by atoms with Crippen LogP contribution in [0.15, 0.2) is 0 Å². The Balaban J connectivity index is 3.17. The highest BCUT2D eigenvalue weighted by Gasteiger charge is 2.04. The van der Waals surface area contributed by atoms with Gasteiger partial charge in [-0.25, -0.2) is 0 Å². The number of hydrogen-bond donors (Lipinski definition) is 2. The van der Waals surface area contributed by atoms with Gasteiger partial charge in [0, 0.05) is 11.3 Å². The SMILES string of the molecule is CCC[C@H](N)C(C)S. The van der Waals surface area contributed by atoms with Crippen molar-refractivity contribution in [2.75, 3.05) is 0 Å². The molecule has 1 unspecified atom stereocenters. The van der Waals surface area contributed by atoms with Crippen LogP contribution < -0.4 is 5.73 Å². The molecule has 0 aliphatic rings. The van der Waals surface area contributed by atoms with E-state index in [-0.39, 0.29) is 6.04 Å². The van der Waals surface area contributed by atoms with Crippen molar-refractivity contribution in [2.24, 2.45) is 5.73 Å². The van der Waals surface area contributed by atoms with E-state index in [0.717, 1.165) is 12.8 Å². The van der Waals surface area contributed by atoms with Gasteiger partial charge in [-0.1, -0.05) is 20.3 Å². The maximum absolute atomic E-state index is 5.65. The summed E-state index contributed by atoms with van der Waals surface area (Å²) in [6.45, 7) is 4.17. The summed E-state index contributed by atoms with van der Waals surface area (Å²) < 4.78 is 0. The lowest BCUT2D eigenvalue weighted by molar-refractivity contribution is 0.600. The number of hydrogen-bond acceptors (Lipinski definition) is 2. The molecule has 8 heavy (non-hydrogen) atoms. The van der Waals surface area contributed by atoms with E-state index in [9.17, 15) is 0 Å². The van der Waals surface area contributed by atoms with Crippen LogP contribution in [0, 0.1) is 0 Å². The van der Waals surface area contributed by atoms with Gasteiger partial charge in [0.25, 0.3) is 0 Å². The number of thiol groups is 1. The highest BCUT2D eigenvalue weighted by Crippen LogP contribution is 2.03. The van der Waals surface area contributed by atoms with E-state index < -0.39 is 0 Å². The second-order valence-corrected chi connectivity index (χ2v) is 3.01. The minimum Gasteiger partial charge on any atom is -0.327 e. The van der Waals surface area contributed by atoms with E-state index in [1.165, 1.54) is 0 Å². The quantitative estimate of drug-likeness (QED) is 0.560. The summed E-state index contributed by atoms with van der Waals surface area (Å²) in [4.78, 5) is 0. The zero-order valence-corrected chi connectivity index (χ0v) is 6.49. The van der Waals surface area contributed by atoms with Gasteiger partial charge in [-0.05, 0) is 6.42 Å². The molecule has 0 radical (unpaired) electrons. The summed E-state index contributed by atoms with van der Waals surface area (Å²) in [7, 11) is 0. The van der Waals surface area contributed by atoms with Crippen LogP contribution in [-0.2, 0) is 0 Å². The van der Waals surface area contributed by atoms with Crippen molar-refractivity contribution in [1.29, 1.82) is 0 Å². The molecule has 2 heteroatoms. The summed E-state index contributed by atoms with van der Waals surface area (Å²) >= 11 is 4.20. The molecule has 0 aliphatic heterocycles. The van der Waals surface area contributed by atoms with Crippen LogP contribution in [-0.4, -0.2) is 11.3 Å². The summed E-state index contributed by atoms with van der Waals surface area (Å²) in [6, 6.07) is 0.281. The smallest absolute Gasteiger partial charge is 0.0153 e. The van der Waals surface area contributed by atoms with Gasteiger partial charge in [0.05, 0.1) is 0 Å². The van der Waals surface area contributed by atoms with Gasteiger partial charge < -0.3 is 5.73 Å². The molecule has 2 atom stereocenters. The molecule has 0 bridgehead atoms. The van der Waals surface area contributed by atoms with Gasteiger partial charge in [0.2, 0.25) is 0 Å². The second kappa shape index (κ2) is 4.21. The molecule has 50 valence electrons. The van der Waals surface area contributed by atoms with Crippen molar-refractivity contribution >= 4 is 12.6 Å². The van der Waals surface area contributed by atoms with Gasteiger partial charge in [0.1, 0.15) is 0 Å². The van der Waals surface area contributed by atoms with Crippen molar-refractivity contribution < 1.29 is 0 Å². The van der Waals surface area contributed by atoms with Gasteiger partial charge in [-0.15, -0.1) is 0 Å². The summed E-state index contributed by atoms with van der Waals surface area (Å²) in [5, 5.41) is 0.343. The maximum Gasteiger partial charge on any atom is 0.0153 e. The van der Waals surface area contributed by atoms with Crippen molar-refractivity contribution in [2.45, 2.75) is 38.0 Å². The number of nitrogens with two attached hydrogens (primary N) is 1. The maximum atomic E-state index is 5.65. The predicted octanol–water partition coefficient (Wildman–Crippen LogP) is 1.43. The molecule has 0 aliphatic carbocycles. The summed E-state index contributed by atoms with van der Waals surface area (Å²) in [5.74, 6) is 0. The molecule has 2 N–H and O–H groups in total. The summed E-state index contributed by atoms with van der Waals surface area (Å²) in [6.07, 6.45) is 2.25. The zero-order valence-electron chi connectivity index (χ0n) is 5.59. The normalized spacial score (nSPS) is 18.0. The molecule has 0 saturated carbocycles. The molecule has 0 amide bonds. The number of rotatable bonds is 3. The molecule has 0 aromatic carbocycles. The van der Waals surface area contributed by atoms with Crippen molar-refractivity contribution in [3.63, 3.8) is 0 Å². The average Bonchev–Trinajstić information content (AvgIpc) is 1.67. The van der Waals surface area contributed by atoms with Crippen LogP contribution in [0.1, 0.15) is 26.7 Å². The minimum atomic E-state index is 0.281. The highest BCUT2D eigenvalue weighted by molar-refractivity contribution is 7.81. The Morgan fingerprint density at radius 1 is 1.62 bits per heavy atom. The molecule has 0 saturated heterocycles. The monoisotopic (exact) mass is 133 g/mol. The molecule has 0 rings (SSSR count). The van der Waals surface area contributed by atoms with Crippen LogP contribution in [0.3, 0.4) is 0 Å². The van der Waals surface area contributed by atoms with Crippen molar-refractivity contribution in [3.05, 3.63) is 0 Å². The largest absolute Gasteiger partial charge is 0.327 e.